The molecule has 0 bridgehead atoms. The molecule has 6 heterocycles. The predicted molar refractivity (Wildman–Crippen MR) is 120 cm³/mol. The molecule has 0 unspecified atom stereocenters. The van der Waals surface area contributed by atoms with Crippen LogP contribution >= 0.6 is 0 Å². The largest absolute Gasteiger partial charge is 0.463 e. The van der Waals surface area contributed by atoms with Crippen LogP contribution in [0.3, 0.4) is 0 Å². The topological polar surface area (TPSA) is 200 Å². The number of aromatic nitrogens is 7. The summed E-state index contributed by atoms with van der Waals surface area (Å²) in [6.07, 6.45) is -6.87. The quantitative estimate of drug-likeness (QED) is 0.216. The summed E-state index contributed by atoms with van der Waals surface area (Å²) in [6, 6.07) is 1.53. The van der Waals surface area contributed by atoms with Gasteiger partial charge in [-0.25, -0.2) is 24.9 Å². The molecule has 2 aliphatic rings. The third-order valence-corrected chi connectivity index (χ3v) is 5.92. The summed E-state index contributed by atoms with van der Waals surface area (Å²) in [5.74, 6) is -1.89. The number of nitrogens with two attached hydrogens (primary N) is 1. The number of fused-ring (bicyclic) bond motifs is 2. The van der Waals surface area contributed by atoms with Crippen LogP contribution in [0.15, 0.2) is 61.1 Å². The van der Waals surface area contributed by atoms with E-state index in [9.17, 15) is 38.0 Å². The van der Waals surface area contributed by atoms with Gasteiger partial charge in [-0.1, -0.05) is 0 Å². The Bertz CT molecular complexity index is 1590. The lowest BCUT2D eigenvalue weighted by atomic mass is 10.2. The van der Waals surface area contributed by atoms with Crippen LogP contribution in [-0.4, -0.2) is 78.9 Å². The smallest absolute Gasteiger partial charge is 0.310 e. The summed E-state index contributed by atoms with van der Waals surface area (Å²) >= 11 is 0. The van der Waals surface area contributed by atoms with Crippen LogP contribution in [0.5, 0.6) is 0 Å². The molecule has 4 aromatic heterocycles. The zero-order chi connectivity index (χ0) is 28.0. The van der Waals surface area contributed by atoms with Gasteiger partial charge in [0.25, 0.3) is 0 Å². The molecule has 6 rings (SSSR count). The molecule has 0 amide bonds. The fourth-order valence-electron chi connectivity index (χ4n) is 4.03. The van der Waals surface area contributed by atoms with E-state index in [1.165, 1.54) is 46.6 Å². The second-order valence-corrected chi connectivity index (χ2v) is 8.24. The fourth-order valence-corrected chi connectivity index (χ4v) is 4.03. The molecular formula is C21H18F4N8O6. The number of aliphatic hydroxyl groups excluding tert-OH is 4. The van der Waals surface area contributed by atoms with Gasteiger partial charge in [0.2, 0.25) is 12.5 Å². The zero-order valence-corrected chi connectivity index (χ0v) is 19.3. The molecule has 6 N–H and O–H groups in total. The molecule has 4 aromatic rings. The molecule has 0 radical (unpaired) electrons. The molecule has 2 aliphatic heterocycles. The molecule has 2 saturated heterocycles. The Morgan fingerprint density at radius 3 is 1.92 bits per heavy atom. The first-order chi connectivity index (χ1) is 18.6. The normalized spacial score (nSPS) is 26.4. The van der Waals surface area contributed by atoms with Crippen LogP contribution in [0.1, 0.15) is 12.5 Å². The summed E-state index contributed by atoms with van der Waals surface area (Å²) in [5.41, 5.74) is 7.42. The van der Waals surface area contributed by atoms with E-state index >= 15 is 0 Å². The SMILES string of the molecule is Nc1ccnc2c1ncn2[C@@H]1OC(=C(F)F)[C@@H](O)[C@H]1O.O[C@@H]1[C@H](O)C(=C(F)F)O[C@H]1n1cnc2cncnc21. The third-order valence-electron chi connectivity index (χ3n) is 5.92. The van der Waals surface area contributed by atoms with Crippen molar-refractivity contribution >= 4 is 28.0 Å². The van der Waals surface area contributed by atoms with Gasteiger partial charge in [-0.15, -0.1) is 0 Å². The van der Waals surface area contributed by atoms with E-state index in [4.69, 9.17) is 15.2 Å². The van der Waals surface area contributed by atoms with Crippen LogP contribution in [0.4, 0.5) is 23.2 Å². The molecule has 0 saturated carbocycles. The highest BCUT2D eigenvalue weighted by Crippen LogP contribution is 2.37. The first-order valence-electron chi connectivity index (χ1n) is 11.0. The standard InChI is InChI=1S/C11H10F2N4O3.C10H8F2N4O3/c12-9(13)8-6(18)7(19)11(20-8)17-3-16-5-4(14)1-2-15-10(5)17;11-8(12)7-5(17)6(18)10(19-7)16-3-15-4-1-13-2-14-9(4)16/h1-3,6-7,11,18-19H,(H2,14,15);1-3,5-6,10,17-18H/t6-,7+,11+;5-,6+,10+/m00/s1. The molecule has 39 heavy (non-hydrogen) atoms. The van der Waals surface area contributed by atoms with Gasteiger partial charge in [0.05, 0.1) is 11.9 Å². The van der Waals surface area contributed by atoms with Crippen LogP contribution in [0, 0.1) is 0 Å². The average molecular weight is 554 g/mol. The first-order valence-corrected chi connectivity index (χ1v) is 11.0. The molecule has 14 nitrogen and oxygen atoms in total. The van der Waals surface area contributed by atoms with Crippen LogP contribution < -0.4 is 5.73 Å². The number of rotatable bonds is 2. The number of hydrogen-bond donors (Lipinski definition) is 5. The number of hydrogen-bond acceptors (Lipinski definition) is 12. The van der Waals surface area contributed by atoms with Crippen molar-refractivity contribution < 1.29 is 47.5 Å². The Kier molecular flexibility index (Phi) is 6.76. The minimum absolute atomic E-state index is 0.266. The Hall–Kier alpha value is -4.39. The summed E-state index contributed by atoms with van der Waals surface area (Å²) in [6.45, 7) is 0. The van der Waals surface area contributed by atoms with Crippen LogP contribution in [-0.2, 0) is 9.47 Å². The molecule has 6 atom stereocenters. The van der Waals surface area contributed by atoms with Gasteiger partial charge >= 0.3 is 12.2 Å². The van der Waals surface area contributed by atoms with E-state index in [1.807, 2.05) is 0 Å². The number of nitrogens with zero attached hydrogens (tertiary/aromatic N) is 7. The molecule has 18 heteroatoms. The van der Waals surface area contributed by atoms with E-state index in [2.05, 4.69) is 24.9 Å². The van der Waals surface area contributed by atoms with E-state index in [0.29, 0.717) is 22.4 Å². The minimum Gasteiger partial charge on any atom is -0.463 e. The van der Waals surface area contributed by atoms with Gasteiger partial charge in [-0.3, -0.25) is 9.13 Å². The molecule has 0 spiro atoms. The van der Waals surface area contributed by atoms with Crippen molar-refractivity contribution in [2.24, 2.45) is 0 Å². The van der Waals surface area contributed by atoms with Crippen molar-refractivity contribution in [1.29, 1.82) is 0 Å². The number of anilines is 1. The second kappa shape index (κ2) is 10.1. The van der Waals surface area contributed by atoms with E-state index < -0.39 is 60.6 Å². The molecule has 2 fully saturated rings. The zero-order valence-electron chi connectivity index (χ0n) is 19.3. The van der Waals surface area contributed by atoms with Gasteiger partial charge < -0.3 is 35.6 Å². The third kappa shape index (κ3) is 4.48. The lowest BCUT2D eigenvalue weighted by molar-refractivity contribution is -0.0124. The van der Waals surface area contributed by atoms with Crippen molar-refractivity contribution in [2.45, 2.75) is 36.9 Å². The summed E-state index contributed by atoms with van der Waals surface area (Å²) < 4.78 is 62.5. The number of ether oxygens (including phenoxy) is 2. The summed E-state index contributed by atoms with van der Waals surface area (Å²) in [4.78, 5) is 19.7. The molecule has 0 aromatic carbocycles. The van der Waals surface area contributed by atoms with Gasteiger partial charge in [0.15, 0.2) is 22.8 Å². The van der Waals surface area contributed by atoms with Crippen molar-refractivity contribution in [1.82, 2.24) is 34.1 Å². The Morgan fingerprint density at radius 2 is 1.36 bits per heavy atom. The molecular weight excluding hydrogens is 536 g/mol. The number of halogens is 4. The number of aliphatic hydroxyl groups is 4. The maximum Gasteiger partial charge on any atom is 0.310 e. The molecule has 0 aliphatic carbocycles. The average Bonchev–Trinajstić information content (AvgIpc) is 3.66. The fraction of sp³-hybridized carbons (Fsp3) is 0.286. The predicted octanol–water partition coefficient (Wildman–Crippen LogP) is 0.557. The van der Waals surface area contributed by atoms with Crippen LogP contribution in [0.2, 0.25) is 0 Å². The summed E-state index contributed by atoms with van der Waals surface area (Å²) in [7, 11) is 0. The van der Waals surface area contributed by atoms with Crippen molar-refractivity contribution in [3.8, 4) is 0 Å². The van der Waals surface area contributed by atoms with Gasteiger partial charge in [-0.05, 0) is 6.07 Å². The van der Waals surface area contributed by atoms with E-state index in [-0.39, 0.29) is 5.65 Å². The lowest BCUT2D eigenvalue weighted by Crippen LogP contribution is -2.27. The van der Waals surface area contributed by atoms with Crippen molar-refractivity contribution in [3.05, 3.63) is 61.1 Å². The maximum absolute atomic E-state index is 12.6. The highest BCUT2D eigenvalue weighted by Gasteiger charge is 2.45. The summed E-state index contributed by atoms with van der Waals surface area (Å²) in [5, 5.41) is 38.6. The van der Waals surface area contributed by atoms with Crippen molar-refractivity contribution in [3.63, 3.8) is 0 Å². The molecule has 206 valence electrons. The second-order valence-electron chi connectivity index (χ2n) is 8.24. The number of pyridine rings is 1. The number of imidazole rings is 2. The van der Waals surface area contributed by atoms with Crippen LogP contribution in [0.25, 0.3) is 22.3 Å². The van der Waals surface area contributed by atoms with E-state index in [1.54, 1.807) is 0 Å². The van der Waals surface area contributed by atoms with Gasteiger partial charge in [0.1, 0.15) is 54.4 Å². The lowest BCUT2D eigenvalue weighted by Gasteiger charge is -2.15. The minimum atomic E-state index is -2.18. The Morgan fingerprint density at radius 1 is 0.795 bits per heavy atom. The van der Waals surface area contributed by atoms with Gasteiger partial charge in [0, 0.05) is 6.20 Å². The van der Waals surface area contributed by atoms with E-state index in [0.717, 1.165) is 0 Å². The maximum atomic E-state index is 12.6. The Labute approximate surface area is 213 Å². The highest BCUT2D eigenvalue weighted by molar-refractivity contribution is 5.83. The Balaban J connectivity index is 0.000000158. The highest BCUT2D eigenvalue weighted by atomic mass is 19.3. The number of nitrogen functional groups attached to an aromatic ring is 1. The van der Waals surface area contributed by atoms with Gasteiger partial charge in [-0.2, -0.15) is 17.6 Å². The van der Waals surface area contributed by atoms with Crippen molar-refractivity contribution in [2.75, 3.05) is 5.73 Å². The first kappa shape index (κ1) is 26.2. The monoisotopic (exact) mass is 554 g/mol.